The number of hydrogen-bond donors (Lipinski definition) is 1. The first-order chi connectivity index (χ1) is 6.76. The average Bonchev–Trinajstić information content (AvgIpc) is 2.52. The number of aromatic amines is 1. The van der Waals surface area contributed by atoms with Crippen LogP contribution in [-0.4, -0.2) is 25.8 Å². The normalized spacial score (nSPS) is 11.0. The fourth-order valence-electron chi connectivity index (χ4n) is 1.32. The highest BCUT2D eigenvalue weighted by Crippen LogP contribution is 2.12. The second-order valence-corrected chi connectivity index (χ2v) is 3.54. The lowest BCUT2D eigenvalue weighted by Gasteiger charge is -1.97. The Morgan fingerprint density at radius 3 is 3.07 bits per heavy atom. The van der Waals surface area contributed by atoms with Crippen LogP contribution in [-0.2, 0) is 6.54 Å². The molecule has 74 valence electrons. The Bertz CT molecular complexity index is 516. The molecular formula is C8H10N4OS. The van der Waals surface area contributed by atoms with E-state index >= 15 is 0 Å². The molecule has 0 aliphatic heterocycles. The van der Waals surface area contributed by atoms with E-state index in [1.807, 2.05) is 13.2 Å². The molecular weight excluding hydrogens is 200 g/mol. The molecule has 0 saturated heterocycles. The predicted molar refractivity (Wildman–Crippen MR) is 55.6 cm³/mol. The number of thioether (sulfide) groups is 1. The summed E-state index contributed by atoms with van der Waals surface area (Å²) in [6.45, 7) is 2.53. The van der Waals surface area contributed by atoms with Crippen LogP contribution >= 0.6 is 11.8 Å². The molecule has 0 saturated carbocycles. The van der Waals surface area contributed by atoms with E-state index < -0.39 is 0 Å². The summed E-state index contributed by atoms with van der Waals surface area (Å²) in [4.78, 5) is 22.5. The minimum absolute atomic E-state index is 0.130. The van der Waals surface area contributed by atoms with Crippen LogP contribution in [0.1, 0.15) is 6.92 Å². The first kappa shape index (κ1) is 9.26. The third kappa shape index (κ3) is 1.31. The van der Waals surface area contributed by atoms with Gasteiger partial charge in [-0.15, -0.1) is 0 Å². The minimum Gasteiger partial charge on any atom is -0.303 e. The third-order valence-electron chi connectivity index (χ3n) is 1.99. The van der Waals surface area contributed by atoms with E-state index in [0.29, 0.717) is 22.9 Å². The van der Waals surface area contributed by atoms with Crippen molar-refractivity contribution in [1.29, 1.82) is 0 Å². The number of H-pyrrole nitrogens is 1. The second kappa shape index (κ2) is 3.45. The van der Waals surface area contributed by atoms with Crippen LogP contribution in [0.2, 0.25) is 0 Å². The van der Waals surface area contributed by atoms with Crippen LogP contribution in [0, 0.1) is 0 Å². The van der Waals surface area contributed by atoms with Gasteiger partial charge in [-0.05, 0) is 13.2 Å². The predicted octanol–water partition coefficient (Wildman–Crippen LogP) is 0.861. The summed E-state index contributed by atoms with van der Waals surface area (Å²) in [7, 11) is 0. The molecule has 0 spiro atoms. The van der Waals surface area contributed by atoms with Crippen LogP contribution < -0.4 is 5.69 Å². The molecule has 0 aliphatic carbocycles. The van der Waals surface area contributed by atoms with Crippen LogP contribution in [0.15, 0.2) is 16.1 Å². The van der Waals surface area contributed by atoms with Gasteiger partial charge < -0.3 is 4.98 Å². The number of fused-ring (bicyclic) bond motifs is 1. The maximum absolute atomic E-state index is 11.4. The summed E-state index contributed by atoms with van der Waals surface area (Å²) in [6.07, 6.45) is 3.55. The van der Waals surface area contributed by atoms with Gasteiger partial charge in [0.25, 0.3) is 0 Å². The van der Waals surface area contributed by atoms with E-state index in [2.05, 4.69) is 15.0 Å². The molecule has 14 heavy (non-hydrogen) atoms. The fraction of sp³-hybridized carbons (Fsp3) is 0.375. The maximum Gasteiger partial charge on any atom is 0.327 e. The van der Waals surface area contributed by atoms with Crippen molar-refractivity contribution >= 4 is 22.9 Å². The topological polar surface area (TPSA) is 63.6 Å². The fourth-order valence-corrected chi connectivity index (χ4v) is 1.66. The third-order valence-corrected chi connectivity index (χ3v) is 2.55. The van der Waals surface area contributed by atoms with Crippen molar-refractivity contribution in [2.45, 2.75) is 18.6 Å². The van der Waals surface area contributed by atoms with Crippen molar-refractivity contribution in [3.8, 4) is 0 Å². The van der Waals surface area contributed by atoms with E-state index in [1.54, 1.807) is 10.8 Å². The van der Waals surface area contributed by atoms with Crippen molar-refractivity contribution < 1.29 is 0 Å². The standard InChI is InChI=1S/C8H10N4OS/c1-3-12-6-5(10-8(12)13)4-9-7(11-6)14-2/h4H,3H2,1-2H3,(H,10,13). The van der Waals surface area contributed by atoms with Crippen molar-refractivity contribution in [2.24, 2.45) is 0 Å². The van der Waals surface area contributed by atoms with Crippen LogP contribution in [0.3, 0.4) is 0 Å². The van der Waals surface area contributed by atoms with Crippen LogP contribution in [0.5, 0.6) is 0 Å². The zero-order valence-electron chi connectivity index (χ0n) is 7.94. The Balaban J connectivity index is 2.77. The lowest BCUT2D eigenvalue weighted by atomic mass is 10.5. The average molecular weight is 210 g/mol. The molecule has 0 radical (unpaired) electrons. The van der Waals surface area contributed by atoms with Gasteiger partial charge in [0.2, 0.25) is 0 Å². The molecule has 5 nitrogen and oxygen atoms in total. The quantitative estimate of drug-likeness (QED) is 0.590. The van der Waals surface area contributed by atoms with E-state index in [9.17, 15) is 4.79 Å². The summed E-state index contributed by atoms with van der Waals surface area (Å²) < 4.78 is 1.59. The Morgan fingerprint density at radius 2 is 2.43 bits per heavy atom. The number of hydrogen-bond acceptors (Lipinski definition) is 4. The van der Waals surface area contributed by atoms with Gasteiger partial charge in [0.05, 0.1) is 6.20 Å². The van der Waals surface area contributed by atoms with Gasteiger partial charge in [0.1, 0.15) is 5.52 Å². The highest BCUT2D eigenvalue weighted by Gasteiger charge is 2.07. The SMILES string of the molecule is CCn1c(=O)[nH]c2cnc(SC)nc21. The van der Waals surface area contributed by atoms with Gasteiger partial charge in [0, 0.05) is 6.54 Å². The Kier molecular flexibility index (Phi) is 2.28. The summed E-state index contributed by atoms with van der Waals surface area (Å²) in [5.41, 5.74) is 1.24. The molecule has 0 bridgehead atoms. The van der Waals surface area contributed by atoms with Crippen molar-refractivity contribution in [1.82, 2.24) is 19.5 Å². The first-order valence-electron chi connectivity index (χ1n) is 4.25. The summed E-state index contributed by atoms with van der Waals surface area (Å²) >= 11 is 1.46. The molecule has 2 rings (SSSR count). The van der Waals surface area contributed by atoms with E-state index in [-0.39, 0.29) is 5.69 Å². The van der Waals surface area contributed by atoms with Crippen LogP contribution in [0.25, 0.3) is 11.2 Å². The van der Waals surface area contributed by atoms with Crippen molar-refractivity contribution in [3.63, 3.8) is 0 Å². The Hall–Kier alpha value is -1.30. The Morgan fingerprint density at radius 1 is 1.64 bits per heavy atom. The molecule has 0 amide bonds. The first-order valence-corrected chi connectivity index (χ1v) is 5.48. The monoisotopic (exact) mass is 210 g/mol. The van der Waals surface area contributed by atoms with E-state index in [1.165, 1.54) is 11.8 Å². The lowest BCUT2D eigenvalue weighted by molar-refractivity contribution is 0.740. The highest BCUT2D eigenvalue weighted by molar-refractivity contribution is 7.98. The number of imidazole rings is 1. The zero-order chi connectivity index (χ0) is 10.1. The van der Waals surface area contributed by atoms with E-state index in [0.717, 1.165) is 0 Å². The molecule has 1 N–H and O–H groups in total. The summed E-state index contributed by atoms with van der Waals surface area (Å²) in [5.74, 6) is 0. The Labute approximate surface area is 84.6 Å². The van der Waals surface area contributed by atoms with E-state index in [4.69, 9.17) is 0 Å². The highest BCUT2D eigenvalue weighted by atomic mass is 32.2. The zero-order valence-corrected chi connectivity index (χ0v) is 8.76. The maximum atomic E-state index is 11.4. The largest absolute Gasteiger partial charge is 0.327 e. The summed E-state index contributed by atoms with van der Waals surface area (Å²) in [5, 5.41) is 0.679. The number of nitrogens with one attached hydrogen (secondary N) is 1. The molecule has 2 aromatic rings. The second-order valence-electron chi connectivity index (χ2n) is 2.77. The number of nitrogens with zero attached hydrogens (tertiary/aromatic N) is 3. The van der Waals surface area contributed by atoms with Gasteiger partial charge >= 0.3 is 5.69 Å². The van der Waals surface area contributed by atoms with Crippen LogP contribution in [0.4, 0.5) is 0 Å². The molecule has 0 atom stereocenters. The van der Waals surface area contributed by atoms with Gasteiger partial charge in [-0.25, -0.2) is 14.8 Å². The minimum atomic E-state index is -0.130. The van der Waals surface area contributed by atoms with Gasteiger partial charge in [-0.3, -0.25) is 4.57 Å². The number of aryl methyl sites for hydroxylation is 1. The molecule has 0 aromatic carbocycles. The van der Waals surface area contributed by atoms with Gasteiger partial charge in [0.15, 0.2) is 10.8 Å². The molecule has 6 heteroatoms. The molecule has 0 aliphatic rings. The molecule has 0 fully saturated rings. The molecule has 2 heterocycles. The lowest BCUT2D eigenvalue weighted by Crippen LogP contribution is -2.15. The van der Waals surface area contributed by atoms with Gasteiger partial charge in [-0.2, -0.15) is 0 Å². The van der Waals surface area contributed by atoms with Gasteiger partial charge in [-0.1, -0.05) is 11.8 Å². The number of aromatic nitrogens is 4. The summed E-state index contributed by atoms with van der Waals surface area (Å²) in [6, 6.07) is 0. The molecule has 2 aromatic heterocycles. The number of rotatable bonds is 2. The van der Waals surface area contributed by atoms with Crippen molar-refractivity contribution in [3.05, 3.63) is 16.7 Å². The molecule has 0 unspecified atom stereocenters. The van der Waals surface area contributed by atoms with Crippen molar-refractivity contribution in [2.75, 3.05) is 6.26 Å². The smallest absolute Gasteiger partial charge is 0.303 e.